The number of hydrogen-bond acceptors (Lipinski definition) is 4. The van der Waals surface area contributed by atoms with Gasteiger partial charge in [0.15, 0.2) is 11.5 Å². The van der Waals surface area contributed by atoms with Gasteiger partial charge in [0.05, 0.1) is 6.04 Å². The van der Waals surface area contributed by atoms with Crippen LogP contribution in [0.2, 0.25) is 0 Å². The molecule has 4 rings (SSSR count). The smallest absolute Gasteiger partial charge is 0.178 e. The monoisotopic (exact) mass is 339 g/mol. The first-order valence-electron chi connectivity index (χ1n) is 8.68. The fraction of sp³-hybridized carbons (Fsp3) is 0.421. The Morgan fingerprint density at radius 3 is 2.72 bits per heavy atom. The number of benzene rings is 1. The van der Waals surface area contributed by atoms with E-state index in [9.17, 15) is 4.39 Å². The lowest BCUT2D eigenvalue weighted by molar-refractivity contribution is 0.525. The van der Waals surface area contributed by atoms with Crippen molar-refractivity contribution in [3.63, 3.8) is 0 Å². The number of aromatic nitrogens is 4. The Morgan fingerprint density at radius 2 is 1.96 bits per heavy atom. The average molecular weight is 339 g/mol. The number of anilines is 1. The van der Waals surface area contributed by atoms with Crippen molar-refractivity contribution in [2.24, 2.45) is 0 Å². The molecule has 3 heterocycles. The normalized spacial score (nSPS) is 18.2. The zero-order chi connectivity index (χ0) is 17.6. The van der Waals surface area contributed by atoms with Crippen LogP contribution in [0.5, 0.6) is 0 Å². The standard InChI is InChI=1S/C19H22FN5/c1-19(2,3)18-22-21-16-9-10-17(23-25(16)18)24-11-5-8-15(24)13-6-4-7-14(20)12-13/h4,6-7,9-10,12,15H,5,8,11H2,1-3H3. The number of hydrogen-bond donors (Lipinski definition) is 0. The van der Waals surface area contributed by atoms with Crippen LogP contribution < -0.4 is 4.90 Å². The molecule has 0 saturated carbocycles. The number of halogens is 1. The van der Waals surface area contributed by atoms with E-state index in [-0.39, 0.29) is 17.3 Å². The van der Waals surface area contributed by atoms with Gasteiger partial charge in [0.25, 0.3) is 0 Å². The Bertz CT molecular complexity index is 912. The lowest BCUT2D eigenvalue weighted by atomic mass is 9.96. The summed E-state index contributed by atoms with van der Waals surface area (Å²) in [6, 6.07) is 11.0. The van der Waals surface area contributed by atoms with Crippen LogP contribution >= 0.6 is 0 Å². The van der Waals surface area contributed by atoms with Crippen molar-refractivity contribution < 1.29 is 4.39 Å². The van der Waals surface area contributed by atoms with E-state index < -0.39 is 0 Å². The van der Waals surface area contributed by atoms with Crippen molar-refractivity contribution in [3.05, 3.63) is 53.6 Å². The van der Waals surface area contributed by atoms with Crippen LogP contribution in [0.1, 0.15) is 51.0 Å². The van der Waals surface area contributed by atoms with Gasteiger partial charge in [-0.2, -0.15) is 4.52 Å². The summed E-state index contributed by atoms with van der Waals surface area (Å²) in [5.74, 6) is 1.53. The zero-order valence-electron chi connectivity index (χ0n) is 14.8. The van der Waals surface area contributed by atoms with Crippen molar-refractivity contribution in [3.8, 4) is 0 Å². The molecule has 1 aromatic carbocycles. The van der Waals surface area contributed by atoms with Gasteiger partial charge in [0, 0.05) is 12.0 Å². The minimum atomic E-state index is -0.193. The summed E-state index contributed by atoms with van der Waals surface area (Å²) in [4.78, 5) is 2.25. The average Bonchev–Trinajstić information content (AvgIpc) is 3.20. The third-order valence-electron chi connectivity index (χ3n) is 4.70. The quantitative estimate of drug-likeness (QED) is 0.710. The third-order valence-corrected chi connectivity index (χ3v) is 4.70. The van der Waals surface area contributed by atoms with Gasteiger partial charge >= 0.3 is 0 Å². The molecule has 0 N–H and O–H groups in total. The fourth-order valence-corrected chi connectivity index (χ4v) is 3.50. The molecule has 130 valence electrons. The summed E-state index contributed by atoms with van der Waals surface area (Å²) in [5.41, 5.74) is 1.60. The molecule has 0 spiro atoms. The highest BCUT2D eigenvalue weighted by atomic mass is 19.1. The van der Waals surface area contributed by atoms with Gasteiger partial charge in [-0.15, -0.1) is 15.3 Å². The molecule has 0 bridgehead atoms. The van der Waals surface area contributed by atoms with E-state index in [1.54, 1.807) is 12.1 Å². The van der Waals surface area contributed by atoms with Crippen LogP contribution in [0.3, 0.4) is 0 Å². The lowest BCUT2D eigenvalue weighted by Crippen LogP contribution is -2.25. The third kappa shape index (κ3) is 2.86. The maximum Gasteiger partial charge on any atom is 0.178 e. The number of fused-ring (bicyclic) bond motifs is 1. The van der Waals surface area contributed by atoms with E-state index in [1.807, 2.05) is 22.7 Å². The molecule has 1 aliphatic heterocycles. The lowest BCUT2D eigenvalue weighted by Gasteiger charge is -2.26. The first kappa shape index (κ1) is 16.0. The molecule has 6 heteroatoms. The van der Waals surface area contributed by atoms with Crippen LogP contribution in [0.4, 0.5) is 10.2 Å². The molecule has 0 radical (unpaired) electrons. The highest BCUT2D eigenvalue weighted by Crippen LogP contribution is 2.35. The molecule has 1 saturated heterocycles. The van der Waals surface area contributed by atoms with Gasteiger partial charge in [-0.3, -0.25) is 0 Å². The number of nitrogens with zero attached hydrogens (tertiary/aromatic N) is 5. The predicted octanol–water partition coefficient (Wildman–Crippen LogP) is 3.90. The molecule has 5 nitrogen and oxygen atoms in total. The largest absolute Gasteiger partial charge is 0.348 e. The van der Waals surface area contributed by atoms with E-state index in [4.69, 9.17) is 5.10 Å². The van der Waals surface area contributed by atoms with Crippen LogP contribution in [0.25, 0.3) is 5.65 Å². The van der Waals surface area contributed by atoms with Gasteiger partial charge in [0.2, 0.25) is 0 Å². The van der Waals surface area contributed by atoms with Crippen molar-refractivity contribution in [2.75, 3.05) is 11.4 Å². The molecule has 2 aromatic heterocycles. The molecule has 25 heavy (non-hydrogen) atoms. The fourth-order valence-electron chi connectivity index (χ4n) is 3.50. The van der Waals surface area contributed by atoms with E-state index >= 15 is 0 Å². The second kappa shape index (κ2) is 5.79. The van der Waals surface area contributed by atoms with Crippen LogP contribution in [0.15, 0.2) is 36.4 Å². The highest BCUT2D eigenvalue weighted by Gasteiger charge is 2.29. The molecule has 1 fully saturated rings. The minimum absolute atomic E-state index is 0.141. The summed E-state index contributed by atoms with van der Waals surface area (Å²) in [6.07, 6.45) is 2.06. The Kier molecular flexibility index (Phi) is 3.71. The molecule has 1 aliphatic rings. The zero-order valence-corrected chi connectivity index (χ0v) is 14.8. The van der Waals surface area contributed by atoms with Gasteiger partial charge in [-0.1, -0.05) is 32.9 Å². The molecular weight excluding hydrogens is 317 g/mol. The van der Waals surface area contributed by atoms with Crippen LogP contribution in [-0.2, 0) is 5.41 Å². The summed E-state index contributed by atoms with van der Waals surface area (Å²) in [7, 11) is 0. The van der Waals surface area contributed by atoms with Gasteiger partial charge < -0.3 is 4.90 Å². The maximum atomic E-state index is 13.6. The second-order valence-electron chi connectivity index (χ2n) is 7.64. The van der Waals surface area contributed by atoms with Gasteiger partial charge in [-0.25, -0.2) is 4.39 Å². The Balaban J connectivity index is 1.75. The summed E-state index contributed by atoms with van der Waals surface area (Å²) < 4.78 is 15.5. The van der Waals surface area contributed by atoms with E-state index in [0.29, 0.717) is 0 Å². The summed E-state index contributed by atoms with van der Waals surface area (Å²) in [5, 5.41) is 13.3. The Labute approximate surface area is 146 Å². The molecule has 3 aromatic rings. The van der Waals surface area contributed by atoms with Crippen molar-refractivity contribution in [1.29, 1.82) is 0 Å². The first-order chi connectivity index (χ1) is 11.9. The summed E-state index contributed by atoms with van der Waals surface area (Å²) in [6.45, 7) is 7.21. The minimum Gasteiger partial charge on any atom is -0.348 e. The van der Waals surface area contributed by atoms with Crippen molar-refractivity contribution >= 4 is 11.5 Å². The Morgan fingerprint density at radius 1 is 1.12 bits per heavy atom. The highest BCUT2D eigenvalue weighted by molar-refractivity contribution is 5.49. The molecule has 0 amide bonds. The second-order valence-corrected chi connectivity index (χ2v) is 7.64. The van der Waals surface area contributed by atoms with Crippen LogP contribution in [-0.4, -0.2) is 26.4 Å². The Hall–Kier alpha value is -2.50. The first-order valence-corrected chi connectivity index (χ1v) is 8.68. The number of rotatable bonds is 2. The van der Waals surface area contributed by atoms with E-state index in [2.05, 4.69) is 35.9 Å². The van der Waals surface area contributed by atoms with E-state index in [0.717, 1.165) is 42.2 Å². The van der Waals surface area contributed by atoms with Gasteiger partial charge in [-0.05, 0) is 42.7 Å². The van der Waals surface area contributed by atoms with Crippen LogP contribution in [0, 0.1) is 5.82 Å². The predicted molar refractivity (Wildman–Crippen MR) is 95.2 cm³/mol. The van der Waals surface area contributed by atoms with Crippen molar-refractivity contribution in [1.82, 2.24) is 19.8 Å². The molecule has 0 aliphatic carbocycles. The SMILES string of the molecule is CC(C)(C)c1nnc2ccc(N3CCCC3c3cccc(F)c3)nn12. The maximum absolute atomic E-state index is 13.6. The molecular formula is C19H22FN5. The summed E-state index contributed by atoms with van der Waals surface area (Å²) >= 11 is 0. The van der Waals surface area contributed by atoms with E-state index in [1.165, 1.54) is 6.07 Å². The topological polar surface area (TPSA) is 46.3 Å². The van der Waals surface area contributed by atoms with Crippen molar-refractivity contribution in [2.45, 2.75) is 45.1 Å². The van der Waals surface area contributed by atoms with Gasteiger partial charge in [0.1, 0.15) is 11.6 Å². The molecule has 1 atom stereocenters. The molecule has 1 unspecified atom stereocenters.